The van der Waals surface area contributed by atoms with Crippen LogP contribution in [0.15, 0.2) is 61.1 Å². The van der Waals surface area contributed by atoms with Gasteiger partial charge in [-0.15, -0.1) is 0 Å². The number of carbonyl (C=O) groups is 1. The molecule has 0 unspecified atom stereocenters. The summed E-state index contributed by atoms with van der Waals surface area (Å²) in [5.41, 5.74) is 4.22. The van der Waals surface area contributed by atoms with Crippen molar-refractivity contribution in [3.05, 3.63) is 66.6 Å². The zero-order valence-corrected chi connectivity index (χ0v) is 12.6. The van der Waals surface area contributed by atoms with Gasteiger partial charge in [0.25, 0.3) is 0 Å². The van der Waals surface area contributed by atoms with Gasteiger partial charge >= 0.3 is 0 Å². The third kappa shape index (κ3) is 2.72. The van der Waals surface area contributed by atoms with Crippen molar-refractivity contribution >= 4 is 28.7 Å². The highest BCUT2D eigenvalue weighted by Gasteiger charge is 2.04. The van der Waals surface area contributed by atoms with Gasteiger partial charge in [-0.25, -0.2) is 9.97 Å². The summed E-state index contributed by atoms with van der Waals surface area (Å²) in [6.07, 6.45) is 4.12. The number of anilines is 2. The molecule has 0 saturated heterocycles. The van der Waals surface area contributed by atoms with Crippen LogP contribution in [-0.4, -0.2) is 26.5 Å². The van der Waals surface area contributed by atoms with Gasteiger partial charge in [0.05, 0.1) is 17.4 Å². The lowest BCUT2D eigenvalue weighted by Gasteiger charge is -2.07. The van der Waals surface area contributed by atoms with Gasteiger partial charge in [-0.05, 0) is 18.2 Å². The minimum Gasteiger partial charge on any atom is -0.340 e. The molecule has 0 fully saturated rings. The van der Waals surface area contributed by atoms with Gasteiger partial charge in [0.15, 0.2) is 0 Å². The van der Waals surface area contributed by atoms with Gasteiger partial charge < -0.3 is 5.32 Å². The summed E-state index contributed by atoms with van der Waals surface area (Å²) in [5, 5.41) is 11.3. The van der Waals surface area contributed by atoms with Crippen molar-refractivity contribution in [1.82, 2.24) is 20.2 Å². The molecule has 0 spiro atoms. The molecule has 0 bridgehead atoms. The maximum Gasteiger partial charge on any atom is 0.150 e. The lowest BCUT2D eigenvalue weighted by Crippen LogP contribution is -1.95. The zero-order chi connectivity index (χ0) is 16.4. The number of nitrogens with zero attached hydrogens (tertiary/aromatic N) is 3. The Balaban J connectivity index is 1.62. The van der Waals surface area contributed by atoms with Crippen LogP contribution in [-0.2, 0) is 0 Å². The normalized spacial score (nSPS) is 10.7. The van der Waals surface area contributed by atoms with Crippen molar-refractivity contribution < 1.29 is 4.79 Å². The summed E-state index contributed by atoms with van der Waals surface area (Å²) < 4.78 is 0. The molecule has 116 valence electrons. The van der Waals surface area contributed by atoms with Crippen LogP contribution in [0.4, 0.5) is 11.5 Å². The van der Waals surface area contributed by atoms with Crippen molar-refractivity contribution in [1.29, 1.82) is 0 Å². The molecule has 0 aliphatic carbocycles. The van der Waals surface area contributed by atoms with Gasteiger partial charge in [-0.1, -0.05) is 24.3 Å². The maximum absolute atomic E-state index is 10.7. The first-order chi connectivity index (χ1) is 11.8. The van der Waals surface area contributed by atoms with Crippen molar-refractivity contribution in [2.45, 2.75) is 0 Å². The molecular formula is C18H13N5O. The molecule has 2 aromatic carbocycles. The summed E-state index contributed by atoms with van der Waals surface area (Å²) in [6, 6.07) is 15.1. The lowest BCUT2D eigenvalue weighted by molar-refractivity contribution is 0.112. The fourth-order valence-electron chi connectivity index (χ4n) is 2.48. The van der Waals surface area contributed by atoms with E-state index in [9.17, 15) is 4.79 Å². The molecule has 2 N–H and O–H groups in total. The van der Waals surface area contributed by atoms with E-state index < -0.39 is 0 Å². The molecule has 4 aromatic rings. The van der Waals surface area contributed by atoms with E-state index in [1.54, 1.807) is 18.3 Å². The van der Waals surface area contributed by atoms with E-state index in [0.29, 0.717) is 11.4 Å². The molecule has 0 radical (unpaired) electrons. The monoisotopic (exact) mass is 315 g/mol. The summed E-state index contributed by atoms with van der Waals surface area (Å²) in [5.74, 6) is 0.693. The average Bonchev–Trinajstić information content (AvgIpc) is 3.10. The van der Waals surface area contributed by atoms with E-state index in [1.807, 2.05) is 36.4 Å². The number of nitrogens with one attached hydrogen (secondary N) is 2. The maximum atomic E-state index is 10.7. The topological polar surface area (TPSA) is 83.6 Å². The van der Waals surface area contributed by atoms with Crippen molar-refractivity contribution in [3.8, 4) is 11.3 Å². The minimum absolute atomic E-state index is 0.638. The molecule has 0 aliphatic heterocycles. The second kappa shape index (κ2) is 5.92. The van der Waals surface area contributed by atoms with Crippen molar-refractivity contribution in [2.24, 2.45) is 0 Å². The molecule has 6 heteroatoms. The second-order valence-electron chi connectivity index (χ2n) is 5.33. The fraction of sp³-hybridized carbons (Fsp3) is 0. The first kappa shape index (κ1) is 14.1. The molecule has 0 saturated carbocycles. The summed E-state index contributed by atoms with van der Waals surface area (Å²) >= 11 is 0. The molecule has 24 heavy (non-hydrogen) atoms. The number of aldehydes is 1. The van der Waals surface area contributed by atoms with Crippen LogP contribution in [0.3, 0.4) is 0 Å². The van der Waals surface area contributed by atoms with E-state index in [4.69, 9.17) is 0 Å². The van der Waals surface area contributed by atoms with Gasteiger partial charge in [0.1, 0.15) is 18.4 Å². The Kier molecular flexibility index (Phi) is 3.47. The summed E-state index contributed by atoms with van der Waals surface area (Å²) in [6.45, 7) is 0. The number of fused-ring (bicyclic) bond motifs is 1. The molecule has 2 aromatic heterocycles. The average molecular weight is 315 g/mol. The van der Waals surface area contributed by atoms with Gasteiger partial charge in [-0.3, -0.25) is 9.89 Å². The number of hydrogen-bond donors (Lipinski definition) is 2. The van der Waals surface area contributed by atoms with E-state index in [2.05, 4.69) is 25.5 Å². The highest BCUT2D eigenvalue weighted by molar-refractivity contribution is 5.82. The number of carbonyl (C=O) groups excluding carboxylic acids is 1. The number of aromatic amines is 1. The van der Waals surface area contributed by atoms with Crippen LogP contribution >= 0.6 is 0 Å². The van der Waals surface area contributed by atoms with Crippen molar-refractivity contribution in [3.63, 3.8) is 0 Å². The van der Waals surface area contributed by atoms with E-state index >= 15 is 0 Å². The number of benzene rings is 2. The molecule has 0 aliphatic rings. The summed E-state index contributed by atoms with van der Waals surface area (Å²) in [7, 11) is 0. The molecule has 0 amide bonds. The third-order valence-corrected chi connectivity index (χ3v) is 3.72. The predicted octanol–water partition coefficient (Wildman–Crippen LogP) is 3.58. The molecular weight excluding hydrogens is 302 g/mol. The molecule has 2 heterocycles. The molecule has 6 nitrogen and oxygen atoms in total. The lowest BCUT2D eigenvalue weighted by atomic mass is 10.1. The highest BCUT2D eigenvalue weighted by atomic mass is 16.1. The van der Waals surface area contributed by atoms with Gasteiger partial charge in [0.2, 0.25) is 0 Å². The first-order valence-corrected chi connectivity index (χ1v) is 7.40. The molecule has 0 atom stereocenters. The Labute approximate surface area is 137 Å². The van der Waals surface area contributed by atoms with Gasteiger partial charge in [0, 0.05) is 28.3 Å². The van der Waals surface area contributed by atoms with Crippen LogP contribution in [0.2, 0.25) is 0 Å². The first-order valence-electron chi connectivity index (χ1n) is 7.40. The minimum atomic E-state index is 0.638. The quantitative estimate of drug-likeness (QED) is 0.562. The molecule has 4 rings (SSSR count). The Morgan fingerprint density at radius 3 is 2.71 bits per heavy atom. The standard InChI is InChI=1S/C18H13N5O/c24-10-12-1-3-13(4-2-12)16-8-18(20-11-19-16)22-15-6-5-14-9-21-23-17(14)7-15/h1-11H,(H,21,23)(H,19,20,22). The van der Waals surface area contributed by atoms with Crippen molar-refractivity contribution in [2.75, 3.05) is 5.32 Å². The number of hydrogen-bond acceptors (Lipinski definition) is 5. The van der Waals surface area contributed by atoms with Crippen LogP contribution in [0.25, 0.3) is 22.2 Å². The van der Waals surface area contributed by atoms with E-state index in [-0.39, 0.29) is 0 Å². The Morgan fingerprint density at radius 2 is 1.88 bits per heavy atom. The Morgan fingerprint density at radius 1 is 1.00 bits per heavy atom. The highest BCUT2D eigenvalue weighted by Crippen LogP contribution is 2.23. The van der Waals surface area contributed by atoms with E-state index in [0.717, 1.165) is 34.1 Å². The smallest absolute Gasteiger partial charge is 0.150 e. The Bertz CT molecular complexity index is 1010. The van der Waals surface area contributed by atoms with Crippen LogP contribution < -0.4 is 5.32 Å². The fourth-order valence-corrected chi connectivity index (χ4v) is 2.48. The van der Waals surface area contributed by atoms with Crippen LogP contribution in [0, 0.1) is 0 Å². The second-order valence-corrected chi connectivity index (χ2v) is 5.33. The summed E-state index contributed by atoms with van der Waals surface area (Å²) in [4.78, 5) is 19.3. The van der Waals surface area contributed by atoms with Gasteiger partial charge in [-0.2, -0.15) is 5.10 Å². The third-order valence-electron chi connectivity index (χ3n) is 3.72. The number of rotatable bonds is 4. The Hall–Kier alpha value is -3.54. The zero-order valence-electron chi connectivity index (χ0n) is 12.6. The van der Waals surface area contributed by atoms with Crippen LogP contribution in [0.5, 0.6) is 0 Å². The SMILES string of the molecule is O=Cc1ccc(-c2cc(Nc3ccc4cn[nH]c4c3)ncn2)cc1. The number of H-pyrrole nitrogens is 1. The number of aromatic nitrogens is 4. The van der Waals surface area contributed by atoms with Crippen LogP contribution in [0.1, 0.15) is 10.4 Å². The largest absolute Gasteiger partial charge is 0.340 e. The van der Waals surface area contributed by atoms with E-state index in [1.165, 1.54) is 6.33 Å². The predicted molar refractivity (Wildman–Crippen MR) is 92.2 cm³/mol.